The number of nitrogens with two attached hydrogens (primary N) is 1. The third-order valence-electron chi connectivity index (χ3n) is 4.54. The molecule has 25 heavy (non-hydrogen) atoms. The molecule has 1 aliphatic rings. The van der Waals surface area contributed by atoms with Gasteiger partial charge in [0.15, 0.2) is 12.3 Å². The Kier molecular flexibility index (Phi) is 6.22. The topological polar surface area (TPSA) is 72.5 Å². The van der Waals surface area contributed by atoms with E-state index in [1.807, 2.05) is 36.5 Å². The van der Waals surface area contributed by atoms with Crippen LogP contribution in [0.3, 0.4) is 0 Å². The molecule has 0 saturated carbocycles. The average Bonchev–Trinajstić information content (AvgIpc) is 3.17. The predicted molar refractivity (Wildman–Crippen MR) is 94.2 cm³/mol. The number of carbonyl (C=O) groups is 1. The zero-order valence-electron chi connectivity index (χ0n) is 14.7. The van der Waals surface area contributed by atoms with Gasteiger partial charge in [-0.1, -0.05) is 12.1 Å². The molecule has 6 nitrogen and oxygen atoms in total. The van der Waals surface area contributed by atoms with E-state index in [2.05, 4.69) is 17.4 Å². The zero-order chi connectivity index (χ0) is 17.5. The number of furan rings is 1. The summed E-state index contributed by atoms with van der Waals surface area (Å²) in [6, 6.07) is 12.0. The van der Waals surface area contributed by atoms with Gasteiger partial charge in [-0.05, 0) is 31.2 Å². The number of anilines is 1. The van der Waals surface area contributed by atoms with Gasteiger partial charge in [0.2, 0.25) is 0 Å². The van der Waals surface area contributed by atoms with Crippen LogP contribution in [0.15, 0.2) is 47.1 Å². The molecule has 0 radical (unpaired) electrons. The first-order valence-electron chi connectivity index (χ1n) is 8.87. The molecule has 6 heteroatoms. The van der Waals surface area contributed by atoms with E-state index in [0.29, 0.717) is 6.54 Å². The molecule has 3 rings (SSSR count). The summed E-state index contributed by atoms with van der Waals surface area (Å²) in [6.07, 6.45) is 1.65. The van der Waals surface area contributed by atoms with Crippen LogP contribution in [0.5, 0.6) is 0 Å². The van der Waals surface area contributed by atoms with Gasteiger partial charge in [-0.15, -0.1) is 0 Å². The fraction of sp³-hybridized carbons (Fsp3) is 0.421. The maximum absolute atomic E-state index is 12.1. The van der Waals surface area contributed by atoms with Crippen LogP contribution in [-0.4, -0.2) is 38.8 Å². The number of carbonyl (C=O) groups excluding carboxylic acids is 1. The molecule has 134 valence electrons. The Morgan fingerprint density at radius 1 is 1.24 bits per heavy atom. The van der Waals surface area contributed by atoms with Crippen LogP contribution < -0.4 is 15.5 Å². The van der Waals surface area contributed by atoms with Crippen LogP contribution in [0.2, 0.25) is 0 Å². The molecule has 0 unspecified atom stereocenters. The van der Waals surface area contributed by atoms with Crippen molar-refractivity contribution in [2.24, 2.45) is 0 Å². The monoisotopic (exact) mass is 345 g/mol. The normalized spacial score (nSPS) is 16.5. The van der Waals surface area contributed by atoms with E-state index in [1.54, 1.807) is 11.2 Å². The van der Waals surface area contributed by atoms with Crippen molar-refractivity contribution in [3.05, 3.63) is 54.0 Å². The van der Waals surface area contributed by atoms with Gasteiger partial charge in [0.05, 0.1) is 19.5 Å². The van der Waals surface area contributed by atoms with Crippen LogP contribution in [-0.2, 0) is 16.1 Å². The van der Waals surface area contributed by atoms with Crippen LogP contribution in [0.25, 0.3) is 0 Å². The summed E-state index contributed by atoms with van der Waals surface area (Å²) in [5, 5.41) is 4.91. The first kappa shape index (κ1) is 17.7. The van der Waals surface area contributed by atoms with E-state index in [9.17, 15) is 4.79 Å². The Bertz CT molecular complexity index is 649. The van der Waals surface area contributed by atoms with E-state index in [4.69, 9.17) is 9.15 Å². The molecule has 1 aromatic carbocycles. The van der Waals surface area contributed by atoms with E-state index >= 15 is 0 Å². The summed E-state index contributed by atoms with van der Waals surface area (Å²) in [7, 11) is 0. The highest BCUT2D eigenvalue weighted by Gasteiger charge is 2.15. The maximum Gasteiger partial charge on any atom is 0.279 e. The Hall–Kier alpha value is -2.15. The first-order valence-corrected chi connectivity index (χ1v) is 8.87. The molecule has 1 aliphatic heterocycles. The van der Waals surface area contributed by atoms with Crippen LogP contribution in [0.1, 0.15) is 24.3 Å². The number of hydrogen-bond acceptors (Lipinski definition) is 3. The maximum atomic E-state index is 12.1. The number of rotatable bonds is 7. The summed E-state index contributed by atoms with van der Waals surface area (Å²) in [5.74, 6) is 0.868. The van der Waals surface area contributed by atoms with Crippen LogP contribution in [0, 0.1) is 0 Å². The Morgan fingerprint density at radius 2 is 2.00 bits per heavy atom. The smallest absolute Gasteiger partial charge is 0.279 e. The highest BCUT2D eigenvalue weighted by molar-refractivity contribution is 5.91. The molecular formula is C19H27N3O3+2. The molecule has 1 atom stereocenters. The number of ether oxygens (including phenoxy) is 1. The second-order valence-electron chi connectivity index (χ2n) is 6.53. The molecule has 1 saturated heterocycles. The lowest BCUT2D eigenvalue weighted by Gasteiger charge is -2.23. The molecule has 4 N–H and O–H groups in total. The summed E-state index contributed by atoms with van der Waals surface area (Å²) >= 11 is 0. The Balaban J connectivity index is 1.43. The molecule has 2 aromatic rings. The average molecular weight is 345 g/mol. The van der Waals surface area contributed by atoms with E-state index in [1.165, 1.54) is 5.56 Å². The van der Waals surface area contributed by atoms with Gasteiger partial charge in [0, 0.05) is 11.3 Å². The number of amides is 1. The molecule has 1 fully saturated rings. The van der Waals surface area contributed by atoms with Gasteiger partial charge in [0.1, 0.15) is 25.7 Å². The second kappa shape index (κ2) is 8.80. The SMILES string of the molecule is C[C@@H]([NH2+]CC(=O)Nc1ccc(C[NH+]2CCOCC2)cc1)c1ccco1. The van der Waals surface area contributed by atoms with Gasteiger partial charge in [-0.25, -0.2) is 0 Å². The lowest BCUT2D eigenvalue weighted by atomic mass is 10.2. The van der Waals surface area contributed by atoms with Crippen molar-refractivity contribution in [1.82, 2.24) is 0 Å². The molecule has 1 amide bonds. The highest BCUT2D eigenvalue weighted by Crippen LogP contribution is 2.09. The van der Waals surface area contributed by atoms with Crippen molar-refractivity contribution in [2.75, 3.05) is 38.2 Å². The predicted octanol–water partition coefficient (Wildman–Crippen LogP) is -0.0422. The zero-order valence-corrected chi connectivity index (χ0v) is 14.7. The molecule has 0 bridgehead atoms. The van der Waals surface area contributed by atoms with Crippen molar-refractivity contribution in [1.29, 1.82) is 0 Å². The summed E-state index contributed by atoms with van der Waals surface area (Å²) in [6.45, 7) is 7.19. The van der Waals surface area contributed by atoms with E-state index < -0.39 is 0 Å². The number of hydrogen-bond donors (Lipinski definition) is 3. The number of morpholine rings is 1. The quantitative estimate of drug-likeness (QED) is 0.659. The third kappa shape index (κ3) is 5.42. The number of quaternary nitrogens is 2. The van der Waals surface area contributed by atoms with Gasteiger partial charge in [0.25, 0.3) is 5.91 Å². The summed E-state index contributed by atoms with van der Waals surface area (Å²) < 4.78 is 10.7. The van der Waals surface area contributed by atoms with Crippen LogP contribution >= 0.6 is 0 Å². The number of benzene rings is 1. The van der Waals surface area contributed by atoms with Crippen molar-refractivity contribution in [3.63, 3.8) is 0 Å². The van der Waals surface area contributed by atoms with Crippen molar-refractivity contribution in [3.8, 4) is 0 Å². The lowest BCUT2D eigenvalue weighted by molar-refractivity contribution is -0.921. The van der Waals surface area contributed by atoms with Gasteiger partial charge >= 0.3 is 0 Å². The summed E-state index contributed by atoms with van der Waals surface area (Å²) in [4.78, 5) is 13.6. The van der Waals surface area contributed by atoms with Crippen molar-refractivity contribution >= 4 is 11.6 Å². The van der Waals surface area contributed by atoms with Gasteiger partial charge in [-0.2, -0.15) is 0 Å². The molecule has 0 spiro atoms. The standard InChI is InChI=1S/C19H25N3O3/c1-15(18-3-2-10-25-18)20-13-19(23)21-17-6-4-16(5-7-17)14-22-8-11-24-12-9-22/h2-7,10,15,20H,8-9,11-14H2,1H3,(H,21,23)/p+2/t15-/m1/s1. The first-order chi connectivity index (χ1) is 12.2. The fourth-order valence-corrected chi connectivity index (χ4v) is 2.99. The fourth-order valence-electron chi connectivity index (χ4n) is 2.99. The van der Waals surface area contributed by atoms with E-state index in [-0.39, 0.29) is 11.9 Å². The summed E-state index contributed by atoms with van der Waals surface area (Å²) in [5.41, 5.74) is 2.12. The number of nitrogens with one attached hydrogen (secondary N) is 2. The second-order valence-corrected chi connectivity index (χ2v) is 6.53. The Morgan fingerprint density at radius 3 is 2.68 bits per heavy atom. The molecule has 1 aromatic heterocycles. The highest BCUT2D eigenvalue weighted by atomic mass is 16.5. The lowest BCUT2D eigenvalue weighted by Crippen LogP contribution is -3.12. The minimum absolute atomic E-state index is 0.00930. The Labute approximate surface area is 148 Å². The van der Waals surface area contributed by atoms with Crippen molar-refractivity contribution < 1.29 is 24.2 Å². The molecule has 0 aliphatic carbocycles. The molecule has 2 heterocycles. The minimum atomic E-state index is -0.00930. The minimum Gasteiger partial charge on any atom is -0.463 e. The van der Waals surface area contributed by atoms with Crippen LogP contribution in [0.4, 0.5) is 5.69 Å². The van der Waals surface area contributed by atoms with E-state index in [0.717, 1.165) is 44.3 Å². The van der Waals surface area contributed by atoms with Crippen molar-refractivity contribution in [2.45, 2.75) is 19.5 Å². The largest absolute Gasteiger partial charge is 0.463 e. The molecular weight excluding hydrogens is 318 g/mol. The van der Waals surface area contributed by atoms with Gasteiger partial charge < -0.3 is 24.7 Å². The third-order valence-corrected chi connectivity index (χ3v) is 4.54. The van der Waals surface area contributed by atoms with Gasteiger partial charge in [-0.3, -0.25) is 4.79 Å².